The number of nitrogens with zero attached hydrogens (tertiary/aromatic N) is 1. The molecule has 0 fully saturated rings. The summed E-state index contributed by atoms with van der Waals surface area (Å²) in [5.41, 5.74) is -2.06. The molecule has 1 N–H and O–H groups in total. The Kier molecular flexibility index (Phi) is 3.72. The van der Waals surface area contributed by atoms with Crippen molar-refractivity contribution in [2.45, 2.75) is 19.0 Å². The van der Waals surface area contributed by atoms with Gasteiger partial charge in [0.05, 0.1) is 4.92 Å². The molecule has 4 nitrogen and oxygen atoms in total. The molecular formula is C10H10F3NO3. The van der Waals surface area contributed by atoms with Gasteiger partial charge in [-0.15, -0.1) is 0 Å². The quantitative estimate of drug-likeness (QED) is 0.661. The summed E-state index contributed by atoms with van der Waals surface area (Å²) in [4.78, 5) is 9.40. The first-order valence-electron chi connectivity index (χ1n) is 4.73. The third kappa shape index (κ3) is 2.94. The lowest BCUT2D eigenvalue weighted by Gasteiger charge is -2.12. The smallest absolute Gasteiger partial charge is 0.396 e. The molecule has 1 aromatic rings. The second kappa shape index (κ2) is 4.70. The molecule has 1 rings (SSSR count). The SMILES string of the molecule is CC(CO)c1ccc([N+](=O)[O-])c(C(F)(F)F)c1. The van der Waals surface area contributed by atoms with Crippen molar-refractivity contribution in [1.82, 2.24) is 0 Å². The first kappa shape index (κ1) is 13.4. The first-order valence-corrected chi connectivity index (χ1v) is 4.73. The Morgan fingerprint density at radius 3 is 2.47 bits per heavy atom. The lowest BCUT2D eigenvalue weighted by atomic mass is 9.98. The Hall–Kier alpha value is -1.63. The van der Waals surface area contributed by atoms with Crippen molar-refractivity contribution < 1.29 is 23.2 Å². The Labute approximate surface area is 94.8 Å². The van der Waals surface area contributed by atoms with Crippen molar-refractivity contribution >= 4 is 5.69 Å². The van der Waals surface area contributed by atoms with Crippen molar-refractivity contribution in [3.63, 3.8) is 0 Å². The summed E-state index contributed by atoms with van der Waals surface area (Å²) in [5, 5.41) is 19.3. The van der Waals surface area contributed by atoms with Crippen molar-refractivity contribution in [1.29, 1.82) is 0 Å². The minimum absolute atomic E-state index is 0.213. The average Bonchev–Trinajstić information content (AvgIpc) is 2.25. The Morgan fingerprint density at radius 1 is 1.47 bits per heavy atom. The van der Waals surface area contributed by atoms with Crippen LogP contribution in [0.5, 0.6) is 0 Å². The Morgan fingerprint density at radius 2 is 2.06 bits per heavy atom. The van der Waals surface area contributed by atoms with E-state index in [0.29, 0.717) is 6.07 Å². The fourth-order valence-corrected chi connectivity index (χ4v) is 1.35. The Bertz CT molecular complexity index is 431. The number of nitro benzene ring substituents is 1. The molecule has 0 heterocycles. The highest BCUT2D eigenvalue weighted by Gasteiger charge is 2.38. The average molecular weight is 249 g/mol. The van der Waals surface area contributed by atoms with Crippen LogP contribution in [0, 0.1) is 10.1 Å². The van der Waals surface area contributed by atoms with Gasteiger partial charge in [-0.3, -0.25) is 10.1 Å². The second-order valence-corrected chi connectivity index (χ2v) is 3.62. The molecule has 94 valence electrons. The summed E-state index contributed by atoms with van der Waals surface area (Å²) in [6.07, 6.45) is -4.78. The van der Waals surface area contributed by atoms with Crippen molar-refractivity contribution in [3.8, 4) is 0 Å². The Balaban J connectivity index is 3.35. The largest absolute Gasteiger partial charge is 0.423 e. The van der Waals surface area contributed by atoms with Gasteiger partial charge >= 0.3 is 6.18 Å². The molecule has 0 bridgehead atoms. The molecule has 0 aliphatic rings. The van der Waals surface area contributed by atoms with Gasteiger partial charge in [-0.25, -0.2) is 0 Å². The molecule has 0 amide bonds. The summed E-state index contributed by atoms with van der Waals surface area (Å²) >= 11 is 0. The molecule has 0 saturated heterocycles. The van der Waals surface area contributed by atoms with Crippen LogP contribution in [-0.4, -0.2) is 16.6 Å². The first-order chi connectivity index (χ1) is 7.77. The lowest BCUT2D eigenvalue weighted by molar-refractivity contribution is -0.388. The summed E-state index contributed by atoms with van der Waals surface area (Å²) in [5.74, 6) is -0.503. The normalized spacial score (nSPS) is 13.5. The monoisotopic (exact) mass is 249 g/mol. The summed E-state index contributed by atoms with van der Waals surface area (Å²) in [7, 11) is 0. The maximum absolute atomic E-state index is 12.6. The van der Waals surface area contributed by atoms with Gasteiger partial charge in [-0.2, -0.15) is 13.2 Å². The van der Waals surface area contributed by atoms with E-state index in [1.54, 1.807) is 0 Å². The number of hydrogen-bond acceptors (Lipinski definition) is 3. The van der Waals surface area contributed by atoms with Crippen molar-refractivity contribution in [2.75, 3.05) is 6.61 Å². The molecular weight excluding hydrogens is 239 g/mol. The minimum Gasteiger partial charge on any atom is -0.396 e. The van der Waals surface area contributed by atoms with E-state index in [0.717, 1.165) is 6.07 Å². The molecule has 17 heavy (non-hydrogen) atoms. The third-order valence-electron chi connectivity index (χ3n) is 2.37. The predicted octanol–water partition coefficient (Wildman–Crippen LogP) is 2.71. The van der Waals surface area contributed by atoms with Gasteiger partial charge in [0, 0.05) is 18.6 Å². The summed E-state index contributed by atoms with van der Waals surface area (Å²) < 4.78 is 37.8. The fourth-order valence-electron chi connectivity index (χ4n) is 1.35. The number of rotatable bonds is 3. The van der Waals surface area contributed by atoms with E-state index < -0.39 is 28.3 Å². The molecule has 0 aromatic heterocycles. The molecule has 1 atom stereocenters. The standard InChI is InChI=1S/C10H10F3NO3/c1-6(5-15)7-2-3-9(14(16)17)8(4-7)10(11,12)13/h2-4,6,15H,5H2,1H3. The molecule has 0 radical (unpaired) electrons. The van der Waals surface area contributed by atoms with Gasteiger partial charge in [-0.1, -0.05) is 13.0 Å². The maximum Gasteiger partial charge on any atom is 0.423 e. The minimum atomic E-state index is -4.78. The number of hydrogen-bond donors (Lipinski definition) is 1. The number of benzene rings is 1. The van der Waals surface area contributed by atoms with Crippen LogP contribution >= 0.6 is 0 Å². The number of aliphatic hydroxyl groups excluding tert-OH is 1. The van der Waals surface area contributed by atoms with Gasteiger partial charge < -0.3 is 5.11 Å². The molecule has 7 heteroatoms. The van der Waals surface area contributed by atoms with Crippen LogP contribution in [0.25, 0.3) is 0 Å². The van der Waals surface area contributed by atoms with Crippen LogP contribution in [0.2, 0.25) is 0 Å². The van der Waals surface area contributed by atoms with Crippen molar-refractivity contribution in [2.24, 2.45) is 0 Å². The van der Waals surface area contributed by atoms with Crippen molar-refractivity contribution in [3.05, 3.63) is 39.4 Å². The highest BCUT2D eigenvalue weighted by molar-refractivity contribution is 5.45. The zero-order valence-corrected chi connectivity index (χ0v) is 8.86. The van der Waals surface area contributed by atoms with Crippen LogP contribution in [0.3, 0.4) is 0 Å². The van der Waals surface area contributed by atoms with E-state index in [1.807, 2.05) is 0 Å². The number of halogens is 3. The van der Waals surface area contributed by atoms with Crippen LogP contribution in [0.4, 0.5) is 18.9 Å². The van der Waals surface area contributed by atoms with Gasteiger partial charge in [0.25, 0.3) is 5.69 Å². The van der Waals surface area contributed by atoms with E-state index in [9.17, 15) is 23.3 Å². The second-order valence-electron chi connectivity index (χ2n) is 3.62. The third-order valence-corrected chi connectivity index (χ3v) is 2.37. The van der Waals surface area contributed by atoms with Gasteiger partial charge in [0.15, 0.2) is 0 Å². The fraction of sp³-hybridized carbons (Fsp3) is 0.400. The lowest BCUT2D eigenvalue weighted by Crippen LogP contribution is -2.11. The zero-order valence-electron chi connectivity index (χ0n) is 8.86. The van der Waals surface area contributed by atoms with E-state index in [1.165, 1.54) is 13.0 Å². The van der Waals surface area contributed by atoms with E-state index in [4.69, 9.17) is 5.11 Å². The molecule has 0 spiro atoms. The summed E-state index contributed by atoms with van der Waals surface area (Å²) in [6.45, 7) is 1.20. The van der Waals surface area contributed by atoms with Crippen LogP contribution in [0.15, 0.2) is 18.2 Å². The highest BCUT2D eigenvalue weighted by Crippen LogP contribution is 2.37. The summed E-state index contributed by atoms with van der Waals surface area (Å²) in [6, 6.07) is 2.73. The van der Waals surface area contributed by atoms with E-state index in [-0.39, 0.29) is 12.2 Å². The van der Waals surface area contributed by atoms with E-state index in [2.05, 4.69) is 0 Å². The number of nitro groups is 1. The topological polar surface area (TPSA) is 63.4 Å². The number of alkyl halides is 3. The van der Waals surface area contributed by atoms with Gasteiger partial charge in [-0.05, 0) is 11.6 Å². The predicted molar refractivity (Wildman–Crippen MR) is 53.6 cm³/mol. The van der Waals surface area contributed by atoms with Gasteiger partial charge in [0.2, 0.25) is 0 Å². The molecule has 0 aliphatic heterocycles. The molecule has 1 unspecified atom stereocenters. The number of aliphatic hydroxyl groups is 1. The van der Waals surface area contributed by atoms with Gasteiger partial charge in [0.1, 0.15) is 5.56 Å². The van der Waals surface area contributed by atoms with Crippen LogP contribution in [-0.2, 0) is 6.18 Å². The zero-order chi connectivity index (χ0) is 13.2. The molecule has 0 saturated carbocycles. The molecule has 0 aliphatic carbocycles. The van der Waals surface area contributed by atoms with Crippen LogP contribution in [0.1, 0.15) is 24.0 Å². The van der Waals surface area contributed by atoms with Crippen LogP contribution < -0.4 is 0 Å². The highest BCUT2D eigenvalue weighted by atomic mass is 19.4. The molecule has 1 aromatic carbocycles. The maximum atomic E-state index is 12.6. The van der Waals surface area contributed by atoms with E-state index >= 15 is 0 Å².